The predicted octanol–water partition coefficient (Wildman–Crippen LogP) is 5.23. The third-order valence-corrected chi connectivity index (χ3v) is 7.88. The van der Waals surface area contributed by atoms with Crippen LogP contribution in [0.3, 0.4) is 0 Å². The van der Waals surface area contributed by atoms with Crippen molar-refractivity contribution >= 4 is 65.1 Å². The lowest BCUT2D eigenvalue weighted by Gasteiger charge is -2.19. The second-order valence-corrected chi connectivity index (χ2v) is 14.4. The Morgan fingerprint density at radius 1 is 0.745 bits per heavy atom. The number of ketones is 2. The Kier molecular flexibility index (Phi) is 15.3. The molecule has 258 valence electrons. The minimum atomic E-state index is -0.629. The molecule has 2 amide bonds. The maximum absolute atomic E-state index is 12.5. The average Bonchev–Trinajstić information content (AvgIpc) is 3.65. The number of alkyl carbamates (subject to hydrolysis) is 1. The Hall–Kier alpha value is -4.05. The second kappa shape index (κ2) is 18.3. The molecule has 2 aromatic heterocycles. The van der Waals surface area contributed by atoms with Crippen LogP contribution in [0.4, 0.5) is 9.59 Å². The number of nitrogens with zero attached hydrogens (tertiary/aromatic N) is 3. The van der Waals surface area contributed by atoms with E-state index in [1.165, 1.54) is 17.0 Å². The van der Waals surface area contributed by atoms with Crippen LogP contribution < -0.4 is 5.32 Å². The summed E-state index contributed by atoms with van der Waals surface area (Å²) in [6.45, 7) is 14.0. The zero-order valence-corrected chi connectivity index (χ0v) is 29.3. The number of thiazole rings is 2. The van der Waals surface area contributed by atoms with Crippen molar-refractivity contribution in [2.24, 2.45) is 0 Å². The molecule has 1 N–H and O–H groups in total. The van der Waals surface area contributed by atoms with Crippen LogP contribution in [-0.4, -0.2) is 94.5 Å². The summed E-state index contributed by atoms with van der Waals surface area (Å²) >= 11 is 2.09. The summed E-state index contributed by atoms with van der Waals surface area (Å²) in [5.41, 5.74) is -1.22. The number of carbonyl (C=O) groups excluding carboxylic acids is 6. The molecule has 0 aromatic carbocycles. The van der Waals surface area contributed by atoms with Gasteiger partial charge in [-0.25, -0.2) is 14.8 Å². The average molecular weight is 696 g/mol. The van der Waals surface area contributed by atoms with Gasteiger partial charge < -0.3 is 24.3 Å². The lowest BCUT2D eigenvalue weighted by atomic mass is 10.2. The van der Waals surface area contributed by atoms with Crippen LogP contribution in [-0.2, 0) is 28.5 Å². The van der Waals surface area contributed by atoms with Crippen LogP contribution in [0.5, 0.6) is 0 Å². The molecule has 0 spiro atoms. The molecule has 16 heteroatoms. The van der Waals surface area contributed by atoms with Gasteiger partial charge in [-0.1, -0.05) is 0 Å². The van der Waals surface area contributed by atoms with Gasteiger partial charge >= 0.3 is 24.1 Å². The first-order chi connectivity index (χ1) is 21.9. The number of aromatic nitrogens is 2. The Morgan fingerprint density at radius 2 is 1.21 bits per heavy atom. The molecule has 2 heterocycles. The smallest absolute Gasteiger partial charge is 0.457 e. The van der Waals surface area contributed by atoms with Crippen LogP contribution in [0.15, 0.2) is 12.4 Å². The van der Waals surface area contributed by atoms with E-state index >= 15 is 0 Å². The third kappa shape index (κ3) is 15.9. The van der Waals surface area contributed by atoms with Crippen LogP contribution in [0.25, 0.3) is 10.0 Å². The normalized spacial score (nSPS) is 11.4. The number of hydrogen-bond donors (Lipinski definition) is 1. The number of hydrogen-bond acceptors (Lipinski definition) is 14. The molecule has 0 atom stereocenters. The van der Waals surface area contributed by atoms with Crippen molar-refractivity contribution in [3.05, 3.63) is 22.1 Å². The molecule has 2 aromatic rings. The summed E-state index contributed by atoms with van der Waals surface area (Å²) in [7, 11) is 0. The predicted molar refractivity (Wildman–Crippen MR) is 174 cm³/mol. The van der Waals surface area contributed by atoms with Crippen LogP contribution in [0, 0.1) is 0 Å². The van der Waals surface area contributed by atoms with E-state index in [2.05, 4.69) is 22.0 Å². The number of carbonyl (C=O) groups is 6. The Labute approximate surface area is 281 Å². The van der Waals surface area contributed by atoms with Crippen LogP contribution >= 0.6 is 22.7 Å². The van der Waals surface area contributed by atoms with E-state index in [4.69, 9.17) is 18.9 Å². The fourth-order valence-corrected chi connectivity index (χ4v) is 5.19. The Balaban J connectivity index is 1.68. The number of amides is 2. The van der Waals surface area contributed by atoms with Gasteiger partial charge in [0.1, 0.15) is 17.9 Å². The van der Waals surface area contributed by atoms with E-state index < -0.39 is 60.1 Å². The molecule has 0 saturated carbocycles. The van der Waals surface area contributed by atoms with Gasteiger partial charge in [-0.2, -0.15) is 4.79 Å². The first-order valence-electron chi connectivity index (χ1n) is 15.0. The minimum Gasteiger partial charge on any atom is -0.457 e. The van der Waals surface area contributed by atoms with Crippen LogP contribution in [0.2, 0.25) is 0 Å². The summed E-state index contributed by atoms with van der Waals surface area (Å²) < 4.78 is 21.7. The highest BCUT2D eigenvalue weighted by Crippen LogP contribution is 2.29. The number of ether oxygens (including phenoxy) is 4. The van der Waals surface area contributed by atoms with Gasteiger partial charge in [0.15, 0.2) is 29.8 Å². The van der Waals surface area contributed by atoms with Crippen molar-refractivity contribution in [2.45, 2.75) is 91.3 Å². The largest absolute Gasteiger partial charge is 0.596 e. The summed E-state index contributed by atoms with van der Waals surface area (Å²) in [6, 6.07) is 0. The summed E-state index contributed by atoms with van der Waals surface area (Å²) in [5, 5.41) is 3.42. The van der Waals surface area contributed by atoms with Crippen molar-refractivity contribution in [3.8, 4) is 10.0 Å². The standard InChI is InChI=1S/C31H42N4O10S2/c1-30(2,3)44-28(40)32-14-10-8-12-24(38)42-18-20(36)22-16-33-26(46-22)27-34-17-23(47-27)21(37)19-43-25(39)13-9-11-15-35(7)29(41)45-31(4,5)6/h16-17H,7-15,18-19H2,1-6H3/p+1. The van der Waals surface area contributed by atoms with Gasteiger partial charge in [0, 0.05) is 38.2 Å². The zero-order chi connectivity index (χ0) is 35.2. The molecule has 0 bridgehead atoms. The zero-order valence-electron chi connectivity index (χ0n) is 27.7. The lowest BCUT2D eigenvalue weighted by molar-refractivity contribution is -0.443. The Bertz CT molecular complexity index is 1440. The van der Waals surface area contributed by atoms with E-state index in [0.717, 1.165) is 22.7 Å². The molecule has 0 radical (unpaired) electrons. The first-order valence-corrected chi connectivity index (χ1v) is 16.6. The van der Waals surface area contributed by atoms with Gasteiger partial charge in [-0.15, -0.1) is 27.2 Å². The molecule has 0 aliphatic rings. The minimum absolute atomic E-state index is 0.0714. The van der Waals surface area contributed by atoms with E-state index in [1.54, 1.807) is 41.5 Å². The fraction of sp³-hybridized carbons (Fsp3) is 0.581. The van der Waals surface area contributed by atoms with E-state index in [1.807, 2.05) is 0 Å². The maximum atomic E-state index is 12.5. The van der Waals surface area contributed by atoms with Crippen molar-refractivity contribution in [2.75, 3.05) is 26.3 Å². The van der Waals surface area contributed by atoms with E-state index in [0.29, 0.717) is 48.8 Å². The highest BCUT2D eigenvalue weighted by atomic mass is 32.1. The van der Waals surface area contributed by atoms with Crippen molar-refractivity contribution < 1.29 is 52.3 Å². The van der Waals surface area contributed by atoms with Gasteiger partial charge in [-0.3, -0.25) is 19.2 Å². The van der Waals surface area contributed by atoms with Crippen molar-refractivity contribution in [1.82, 2.24) is 15.3 Å². The Morgan fingerprint density at radius 3 is 1.68 bits per heavy atom. The molecule has 0 unspecified atom stereocenters. The lowest BCUT2D eigenvalue weighted by Crippen LogP contribution is -2.33. The fourth-order valence-electron chi connectivity index (χ4n) is 3.47. The monoisotopic (exact) mass is 695 g/mol. The summed E-state index contributed by atoms with van der Waals surface area (Å²) in [5.74, 6) is -1.94. The number of unbranched alkanes of at least 4 members (excludes halogenated alkanes) is 2. The first kappa shape index (κ1) is 39.1. The SMILES string of the molecule is C=[N+](CCCCC(=O)OCC(=O)c1cnc(-c2ncc(C(=O)COC(=O)CCCCNC(=O)OC(C)(C)C)s2)s1)C(=O)OC(C)(C)C. The number of esters is 2. The molecule has 14 nitrogen and oxygen atoms in total. The molecule has 0 aliphatic heterocycles. The van der Waals surface area contributed by atoms with Crippen LogP contribution in [0.1, 0.15) is 99.4 Å². The van der Waals surface area contributed by atoms with Gasteiger partial charge in [0.05, 0.1) is 9.75 Å². The molecule has 0 aliphatic carbocycles. The van der Waals surface area contributed by atoms with Crippen molar-refractivity contribution in [3.63, 3.8) is 0 Å². The number of Topliss-reactive ketones (excluding diaryl/α,β-unsaturated/α-hetero) is 2. The van der Waals surface area contributed by atoms with E-state index in [-0.39, 0.29) is 22.6 Å². The number of nitrogens with one attached hydrogen (secondary N) is 1. The molecule has 2 rings (SSSR count). The highest BCUT2D eigenvalue weighted by Gasteiger charge is 2.25. The summed E-state index contributed by atoms with van der Waals surface area (Å²) in [6.07, 6.45) is 3.73. The topological polar surface area (TPSA) is 180 Å². The second-order valence-electron chi connectivity index (χ2n) is 12.3. The van der Waals surface area contributed by atoms with Crippen molar-refractivity contribution in [1.29, 1.82) is 0 Å². The van der Waals surface area contributed by atoms with Gasteiger partial charge in [-0.05, 0) is 60.8 Å². The van der Waals surface area contributed by atoms with Gasteiger partial charge in [0.25, 0.3) is 0 Å². The highest BCUT2D eigenvalue weighted by molar-refractivity contribution is 7.23. The van der Waals surface area contributed by atoms with Gasteiger partial charge in [0.2, 0.25) is 11.6 Å². The quantitative estimate of drug-likeness (QED) is 0.0569. The molecular weight excluding hydrogens is 652 g/mol. The molecule has 0 fully saturated rings. The molecular formula is C31H43N4O10S2+. The maximum Gasteiger partial charge on any atom is 0.596 e. The van der Waals surface area contributed by atoms with E-state index in [9.17, 15) is 28.8 Å². The molecule has 47 heavy (non-hydrogen) atoms. The summed E-state index contributed by atoms with van der Waals surface area (Å²) in [4.78, 5) is 81.6. The number of rotatable bonds is 17. The molecule has 0 saturated heterocycles. The third-order valence-electron chi connectivity index (χ3n) is 5.66.